The summed E-state index contributed by atoms with van der Waals surface area (Å²) in [6.45, 7) is 0. The summed E-state index contributed by atoms with van der Waals surface area (Å²) < 4.78 is 39.2. The Kier molecular flexibility index (Phi) is 5.87. The monoisotopic (exact) mass is 529 g/mol. The summed E-state index contributed by atoms with van der Waals surface area (Å²) in [5.41, 5.74) is 0.534. The fraction of sp³-hybridized carbons (Fsp3) is 0.0714. The molecule has 2 rings (SSSR count). The molecule has 132 valence electrons. The number of hydrogen-bond donors (Lipinski definition) is 2. The Labute approximate surface area is 161 Å². The summed E-state index contributed by atoms with van der Waals surface area (Å²) in [5.74, 6) is -0.0451. The smallest absolute Gasteiger partial charge is 0.416 e. The number of rotatable bonds is 4. The topological polar surface area (TPSA) is 87.8 Å². The average Bonchev–Trinajstić information content (AvgIpc) is 2.50. The van der Waals surface area contributed by atoms with Crippen molar-refractivity contribution >= 4 is 56.1 Å². The van der Waals surface area contributed by atoms with Crippen LogP contribution < -0.4 is 5.43 Å². The predicted octanol–water partition coefficient (Wildman–Crippen LogP) is 5.13. The van der Waals surface area contributed by atoms with Gasteiger partial charge in [0, 0.05) is 16.1 Å². The summed E-state index contributed by atoms with van der Waals surface area (Å²) in [5, 5.41) is 24.6. The van der Waals surface area contributed by atoms with Gasteiger partial charge >= 0.3 is 6.18 Å². The fourth-order valence-corrected chi connectivity index (χ4v) is 3.36. The number of benzene rings is 2. The normalized spacial score (nSPS) is 11.7. The molecule has 11 heteroatoms. The molecule has 0 radical (unpaired) electrons. The Bertz CT molecular complexity index is 859. The molecule has 0 bridgehead atoms. The van der Waals surface area contributed by atoms with E-state index in [-0.39, 0.29) is 11.4 Å². The molecule has 0 saturated heterocycles. The van der Waals surface area contributed by atoms with Gasteiger partial charge in [-0.3, -0.25) is 15.5 Å². The standard InChI is InChI=1S/C14H8BrF3IN3O3/c15-9-3-7(13(23)10(19)5-9)6-20-21-11-2-1-8(14(16,17)18)4-12(11)22(24)25/h1-6,21,23H/b20-6+. The van der Waals surface area contributed by atoms with E-state index < -0.39 is 22.4 Å². The van der Waals surface area contributed by atoms with Gasteiger partial charge in [0.15, 0.2) is 0 Å². The molecule has 0 amide bonds. The second-order valence-corrected chi connectivity index (χ2v) is 6.76. The van der Waals surface area contributed by atoms with Crippen molar-refractivity contribution in [3.63, 3.8) is 0 Å². The van der Waals surface area contributed by atoms with Gasteiger partial charge in [0.2, 0.25) is 0 Å². The van der Waals surface area contributed by atoms with Crippen LogP contribution in [0.15, 0.2) is 39.9 Å². The third-order valence-corrected chi connectivity index (χ3v) is 4.25. The molecule has 6 nitrogen and oxygen atoms in total. The van der Waals surface area contributed by atoms with Crippen LogP contribution in [0.2, 0.25) is 0 Å². The van der Waals surface area contributed by atoms with Gasteiger partial charge in [-0.2, -0.15) is 18.3 Å². The van der Waals surface area contributed by atoms with Gasteiger partial charge in [0.1, 0.15) is 11.4 Å². The van der Waals surface area contributed by atoms with Gasteiger partial charge in [-0.15, -0.1) is 0 Å². The number of nitro benzene ring substituents is 1. The van der Waals surface area contributed by atoms with Crippen LogP contribution in [-0.4, -0.2) is 16.2 Å². The van der Waals surface area contributed by atoms with Crippen LogP contribution in [0, 0.1) is 13.7 Å². The van der Waals surface area contributed by atoms with Crippen LogP contribution in [0.1, 0.15) is 11.1 Å². The van der Waals surface area contributed by atoms with E-state index in [1.807, 2.05) is 22.6 Å². The molecule has 25 heavy (non-hydrogen) atoms. The molecule has 0 unspecified atom stereocenters. The minimum absolute atomic E-state index is 0.0451. The van der Waals surface area contributed by atoms with Crippen LogP contribution in [0.3, 0.4) is 0 Å². The molecule has 0 fully saturated rings. The molecule has 0 aliphatic rings. The van der Waals surface area contributed by atoms with Gasteiger partial charge in [-0.1, -0.05) is 15.9 Å². The molecular weight excluding hydrogens is 522 g/mol. The quantitative estimate of drug-likeness (QED) is 0.249. The van der Waals surface area contributed by atoms with E-state index in [4.69, 9.17) is 0 Å². The number of nitrogens with one attached hydrogen (secondary N) is 1. The van der Waals surface area contributed by atoms with Crippen LogP contribution >= 0.6 is 38.5 Å². The summed E-state index contributed by atoms with van der Waals surface area (Å²) in [6.07, 6.45) is -3.49. The number of anilines is 1. The van der Waals surface area contributed by atoms with Gasteiger partial charge in [0.05, 0.1) is 20.3 Å². The minimum atomic E-state index is -4.69. The van der Waals surface area contributed by atoms with Crippen molar-refractivity contribution in [1.29, 1.82) is 0 Å². The highest BCUT2D eigenvalue weighted by Gasteiger charge is 2.33. The van der Waals surface area contributed by atoms with Crippen molar-refractivity contribution in [3.8, 4) is 5.75 Å². The molecule has 2 aromatic carbocycles. The number of nitrogens with zero attached hydrogens (tertiary/aromatic N) is 2. The molecule has 2 aromatic rings. The first-order valence-corrected chi connectivity index (χ1v) is 8.29. The Morgan fingerprint density at radius 2 is 2.00 bits per heavy atom. The maximum Gasteiger partial charge on any atom is 0.416 e. The SMILES string of the molecule is O=[N+]([O-])c1cc(C(F)(F)F)ccc1N/N=C/c1cc(Br)cc(I)c1O. The Balaban J connectivity index is 2.30. The van der Waals surface area contributed by atoms with E-state index in [2.05, 4.69) is 26.5 Å². The zero-order valence-electron chi connectivity index (χ0n) is 12.0. The number of phenolic OH excluding ortho intramolecular Hbond substituents is 1. The lowest BCUT2D eigenvalue weighted by Gasteiger charge is -2.08. The lowest BCUT2D eigenvalue weighted by Crippen LogP contribution is -2.06. The maximum absolute atomic E-state index is 12.7. The van der Waals surface area contributed by atoms with Crippen LogP contribution in [0.5, 0.6) is 5.75 Å². The Morgan fingerprint density at radius 1 is 1.32 bits per heavy atom. The Morgan fingerprint density at radius 3 is 2.60 bits per heavy atom. The molecule has 0 aromatic heterocycles. The zero-order chi connectivity index (χ0) is 18.8. The van der Waals surface area contributed by atoms with Crippen molar-refractivity contribution in [1.82, 2.24) is 0 Å². The van der Waals surface area contributed by atoms with Crippen molar-refractivity contribution in [3.05, 3.63) is 59.6 Å². The lowest BCUT2D eigenvalue weighted by atomic mass is 10.1. The van der Waals surface area contributed by atoms with Crippen LogP contribution in [-0.2, 0) is 6.18 Å². The van der Waals surface area contributed by atoms with Crippen molar-refractivity contribution in [2.75, 3.05) is 5.43 Å². The largest absolute Gasteiger partial charge is 0.506 e. The summed E-state index contributed by atoms with van der Waals surface area (Å²) >= 11 is 5.15. The van der Waals surface area contributed by atoms with E-state index in [9.17, 15) is 28.4 Å². The number of hydrogen-bond acceptors (Lipinski definition) is 5. The number of halogens is 5. The number of phenols is 1. The van der Waals surface area contributed by atoms with E-state index in [0.717, 1.165) is 6.07 Å². The molecule has 0 spiro atoms. The first kappa shape index (κ1) is 19.4. The third kappa shape index (κ3) is 4.81. The molecular formula is C14H8BrF3IN3O3. The number of nitro groups is 1. The van der Waals surface area contributed by atoms with Crippen molar-refractivity contribution in [2.24, 2.45) is 5.10 Å². The van der Waals surface area contributed by atoms with E-state index >= 15 is 0 Å². The average molecular weight is 530 g/mol. The highest BCUT2D eigenvalue weighted by atomic mass is 127. The highest BCUT2D eigenvalue weighted by molar-refractivity contribution is 14.1. The molecule has 0 heterocycles. The first-order valence-electron chi connectivity index (χ1n) is 6.42. The molecule has 0 saturated carbocycles. The summed E-state index contributed by atoms with van der Waals surface area (Å²) in [4.78, 5) is 10.0. The second kappa shape index (κ2) is 7.56. The van der Waals surface area contributed by atoms with Crippen molar-refractivity contribution < 1.29 is 23.2 Å². The van der Waals surface area contributed by atoms with Crippen LogP contribution in [0.25, 0.3) is 0 Å². The zero-order valence-corrected chi connectivity index (χ0v) is 15.8. The number of aromatic hydroxyl groups is 1. The fourth-order valence-electron chi connectivity index (χ4n) is 1.81. The number of hydrazone groups is 1. The van der Waals surface area contributed by atoms with Gasteiger partial charge in [-0.05, 0) is 46.9 Å². The van der Waals surface area contributed by atoms with Gasteiger partial charge in [-0.25, -0.2) is 0 Å². The van der Waals surface area contributed by atoms with E-state index in [1.165, 1.54) is 6.21 Å². The molecule has 2 N–H and O–H groups in total. The van der Waals surface area contributed by atoms with Crippen molar-refractivity contribution in [2.45, 2.75) is 6.18 Å². The Hall–Kier alpha value is -1.89. The lowest BCUT2D eigenvalue weighted by molar-refractivity contribution is -0.384. The van der Waals surface area contributed by atoms with Gasteiger partial charge in [0.25, 0.3) is 5.69 Å². The van der Waals surface area contributed by atoms with E-state index in [0.29, 0.717) is 25.7 Å². The second-order valence-electron chi connectivity index (χ2n) is 4.68. The highest BCUT2D eigenvalue weighted by Crippen LogP contribution is 2.35. The minimum Gasteiger partial charge on any atom is -0.506 e. The summed E-state index contributed by atoms with van der Waals surface area (Å²) in [6, 6.07) is 5.29. The summed E-state index contributed by atoms with van der Waals surface area (Å²) in [7, 11) is 0. The van der Waals surface area contributed by atoms with E-state index in [1.54, 1.807) is 12.1 Å². The number of alkyl halides is 3. The molecule has 0 atom stereocenters. The van der Waals surface area contributed by atoms with Gasteiger partial charge < -0.3 is 5.11 Å². The first-order chi connectivity index (χ1) is 11.6. The molecule has 0 aliphatic carbocycles. The van der Waals surface area contributed by atoms with Crippen LogP contribution in [0.4, 0.5) is 24.5 Å². The third-order valence-electron chi connectivity index (χ3n) is 2.97. The maximum atomic E-state index is 12.7. The molecule has 0 aliphatic heterocycles. The predicted molar refractivity (Wildman–Crippen MR) is 97.8 cm³/mol.